The number of hydrogen-bond donors (Lipinski definition) is 2. The molecule has 4 saturated carbocycles. The SMILES string of the molecule is Cc1ccc(NC(=O)C23C[C@H]4C[C@@H](CC(O)(C4)C2)C3)nc1. The maximum absolute atomic E-state index is 12.8. The summed E-state index contributed by atoms with van der Waals surface area (Å²) in [5, 5.41) is 13.7. The van der Waals surface area contributed by atoms with Gasteiger partial charge in [0.25, 0.3) is 0 Å². The maximum Gasteiger partial charge on any atom is 0.231 e. The highest BCUT2D eigenvalue weighted by atomic mass is 16.3. The zero-order valence-corrected chi connectivity index (χ0v) is 12.4. The molecule has 0 spiro atoms. The summed E-state index contributed by atoms with van der Waals surface area (Å²) < 4.78 is 0. The molecule has 0 unspecified atom stereocenters. The van der Waals surface area contributed by atoms with Crippen LogP contribution >= 0.6 is 0 Å². The highest BCUT2D eigenvalue weighted by Gasteiger charge is 2.60. The number of pyridine rings is 1. The quantitative estimate of drug-likeness (QED) is 0.878. The van der Waals surface area contributed by atoms with Crippen LogP contribution in [0.5, 0.6) is 0 Å². The first-order valence-electron chi connectivity index (χ1n) is 7.93. The summed E-state index contributed by atoms with van der Waals surface area (Å²) in [5.74, 6) is 1.72. The molecule has 1 aromatic rings. The summed E-state index contributed by atoms with van der Waals surface area (Å²) in [6.45, 7) is 1.98. The summed E-state index contributed by atoms with van der Waals surface area (Å²) in [6, 6.07) is 3.80. The zero-order valence-electron chi connectivity index (χ0n) is 12.4. The van der Waals surface area contributed by atoms with Crippen LogP contribution in [0.4, 0.5) is 5.82 Å². The van der Waals surface area contributed by atoms with Crippen molar-refractivity contribution >= 4 is 11.7 Å². The van der Waals surface area contributed by atoms with E-state index in [-0.39, 0.29) is 11.3 Å². The van der Waals surface area contributed by atoms with Crippen LogP contribution < -0.4 is 5.32 Å². The van der Waals surface area contributed by atoms with Crippen molar-refractivity contribution in [3.8, 4) is 0 Å². The second kappa shape index (κ2) is 4.29. The highest BCUT2D eigenvalue weighted by molar-refractivity contribution is 5.95. The Morgan fingerprint density at radius 3 is 2.57 bits per heavy atom. The Morgan fingerprint density at radius 1 is 1.29 bits per heavy atom. The molecule has 21 heavy (non-hydrogen) atoms. The van der Waals surface area contributed by atoms with Gasteiger partial charge in [-0.15, -0.1) is 0 Å². The maximum atomic E-state index is 12.8. The standard InChI is InChI=1S/C17H22N2O2/c1-11-2-3-14(18-9-11)19-15(20)16-5-12-4-13(6-16)8-17(21,7-12)10-16/h2-3,9,12-13,21H,4-8,10H2,1H3,(H,18,19,20)/t12-,13-,16?,17?/m1/s1. The normalized spacial score (nSPS) is 40.3. The first-order chi connectivity index (χ1) is 9.96. The van der Waals surface area contributed by atoms with Crippen LogP contribution in [0.15, 0.2) is 18.3 Å². The Bertz CT molecular complexity index is 567. The number of aliphatic hydroxyl groups is 1. The largest absolute Gasteiger partial charge is 0.390 e. The number of carbonyl (C=O) groups excluding carboxylic acids is 1. The lowest BCUT2D eigenvalue weighted by Crippen LogP contribution is -2.59. The molecule has 4 heteroatoms. The van der Waals surface area contributed by atoms with Crippen molar-refractivity contribution in [3.63, 3.8) is 0 Å². The molecule has 4 aliphatic carbocycles. The van der Waals surface area contributed by atoms with Gasteiger partial charge in [0.15, 0.2) is 0 Å². The lowest BCUT2D eigenvalue weighted by Gasteiger charge is -2.59. The van der Waals surface area contributed by atoms with Crippen LogP contribution in [0, 0.1) is 24.2 Å². The third-order valence-electron chi connectivity index (χ3n) is 5.66. The van der Waals surface area contributed by atoms with E-state index in [1.165, 1.54) is 6.42 Å². The fraction of sp³-hybridized carbons (Fsp3) is 0.647. The van der Waals surface area contributed by atoms with E-state index >= 15 is 0 Å². The van der Waals surface area contributed by atoms with Gasteiger partial charge in [-0.3, -0.25) is 4.79 Å². The molecule has 4 nitrogen and oxygen atoms in total. The van der Waals surface area contributed by atoms with Crippen molar-refractivity contribution in [2.45, 2.75) is 51.0 Å². The van der Waals surface area contributed by atoms with Gasteiger partial charge in [-0.2, -0.15) is 0 Å². The van der Waals surface area contributed by atoms with Gasteiger partial charge in [-0.25, -0.2) is 4.98 Å². The third-order valence-corrected chi connectivity index (χ3v) is 5.66. The lowest BCUT2D eigenvalue weighted by molar-refractivity contribution is -0.174. The fourth-order valence-electron chi connectivity index (χ4n) is 5.27. The van der Waals surface area contributed by atoms with Crippen LogP contribution in [0.25, 0.3) is 0 Å². The number of carbonyl (C=O) groups is 1. The number of aromatic nitrogens is 1. The molecule has 4 aliphatic rings. The molecule has 0 aromatic carbocycles. The summed E-state index contributed by atoms with van der Waals surface area (Å²) in [5.41, 5.74) is 0.116. The molecule has 2 N–H and O–H groups in total. The minimum atomic E-state index is -0.595. The first-order valence-corrected chi connectivity index (χ1v) is 7.93. The molecule has 4 fully saturated rings. The minimum Gasteiger partial charge on any atom is -0.390 e. The minimum absolute atomic E-state index is 0.0615. The average molecular weight is 286 g/mol. The van der Waals surface area contributed by atoms with Gasteiger partial charge in [0, 0.05) is 6.20 Å². The summed E-state index contributed by atoms with van der Waals surface area (Å²) in [4.78, 5) is 17.1. The molecular formula is C17H22N2O2. The van der Waals surface area contributed by atoms with E-state index in [1.54, 1.807) is 6.20 Å². The van der Waals surface area contributed by atoms with Crippen molar-refractivity contribution in [1.29, 1.82) is 0 Å². The molecule has 112 valence electrons. The Morgan fingerprint density at radius 2 is 2.00 bits per heavy atom. The van der Waals surface area contributed by atoms with E-state index < -0.39 is 5.60 Å². The number of nitrogens with zero attached hydrogens (tertiary/aromatic N) is 1. The Labute approximate surface area is 125 Å². The van der Waals surface area contributed by atoms with Gasteiger partial charge in [0.05, 0.1) is 11.0 Å². The molecule has 1 heterocycles. The van der Waals surface area contributed by atoms with Crippen LogP contribution in [-0.2, 0) is 4.79 Å². The zero-order chi connectivity index (χ0) is 14.7. The van der Waals surface area contributed by atoms with Crippen molar-refractivity contribution in [2.24, 2.45) is 17.3 Å². The monoisotopic (exact) mass is 286 g/mol. The number of rotatable bonds is 2. The van der Waals surface area contributed by atoms with Crippen LogP contribution in [-0.4, -0.2) is 21.6 Å². The van der Waals surface area contributed by atoms with Gasteiger partial charge >= 0.3 is 0 Å². The molecule has 0 aliphatic heterocycles. The second-order valence-corrected chi connectivity index (χ2v) is 7.64. The molecule has 1 aromatic heterocycles. The van der Waals surface area contributed by atoms with Crippen molar-refractivity contribution in [2.75, 3.05) is 5.32 Å². The molecule has 4 bridgehead atoms. The van der Waals surface area contributed by atoms with Crippen molar-refractivity contribution in [3.05, 3.63) is 23.9 Å². The predicted molar refractivity (Wildman–Crippen MR) is 79.7 cm³/mol. The first kappa shape index (κ1) is 13.3. The molecule has 5 rings (SSSR count). The smallest absolute Gasteiger partial charge is 0.231 e. The second-order valence-electron chi connectivity index (χ2n) is 7.64. The highest BCUT2D eigenvalue weighted by Crippen LogP contribution is 2.61. The Hall–Kier alpha value is -1.42. The van der Waals surface area contributed by atoms with E-state index in [0.29, 0.717) is 24.1 Å². The van der Waals surface area contributed by atoms with Gasteiger partial charge < -0.3 is 10.4 Å². The van der Waals surface area contributed by atoms with Crippen LogP contribution in [0.1, 0.15) is 44.1 Å². The number of hydrogen-bond acceptors (Lipinski definition) is 3. The third kappa shape index (κ3) is 2.16. The van der Waals surface area contributed by atoms with Gasteiger partial charge in [0.2, 0.25) is 5.91 Å². The van der Waals surface area contributed by atoms with Crippen LogP contribution in [0.2, 0.25) is 0 Å². The number of anilines is 1. The van der Waals surface area contributed by atoms with Crippen molar-refractivity contribution in [1.82, 2.24) is 4.98 Å². The predicted octanol–water partition coefficient (Wildman–Crippen LogP) is 2.66. The molecule has 2 atom stereocenters. The molecule has 0 saturated heterocycles. The summed E-state index contributed by atoms with van der Waals surface area (Å²) in [7, 11) is 0. The summed E-state index contributed by atoms with van der Waals surface area (Å²) in [6.07, 6.45) is 7.24. The Kier molecular flexibility index (Phi) is 2.71. The average Bonchev–Trinajstić information content (AvgIpc) is 2.38. The Balaban J connectivity index is 1.57. The number of nitrogens with one attached hydrogen (secondary N) is 1. The van der Waals surface area contributed by atoms with Gasteiger partial charge in [-0.1, -0.05) is 6.07 Å². The topological polar surface area (TPSA) is 62.2 Å². The fourth-order valence-corrected chi connectivity index (χ4v) is 5.27. The molecule has 0 radical (unpaired) electrons. The van der Waals surface area contributed by atoms with Gasteiger partial charge in [-0.05, 0) is 68.9 Å². The molecule has 1 amide bonds. The van der Waals surface area contributed by atoms with E-state index in [4.69, 9.17) is 0 Å². The van der Waals surface area contributed by atoms with Gasteiger partial charge in [0.1, 0.15) is 5.82 Å². The van der Waals surface area contributed by atoms with E-state index in [9.17, 15) is 9.90 Å². The summed E-state index contributed by atoms with van der Waals surface area (Å²) >= 11 is 0. The number of aryl methyl sites for hydroxylation is 1. The van der Waals surface area contributed by atoms with Crippen LogP contribution in [0.3, 0.4) is 0 Å². The number of amides is 1. The lowest BCUT2D eigenvalue weighted by atomic mass is 9.47. The van der Waals surface area contributed by atoms with E-state index in [1.807, 2.05) is 19.1 Å². The van der Waals surface area contributed by atoms with Crippen molar-refractivity contribution < 1.29 is 9.90 Å². The van der Waals surface area contributed by atoms with E-state index in [2.05, 4.69) is 10.3 Å². The van der Waals surface area contributed by atoms with E-state index in [0.717, 1.165) is 31.2 Å². The molecular weight excluding hydrogens is 264 g/mol.